The van der Waals surface area contributed by atoms with Crippen molar-refractivity contribution in [2.45, 2.75) is 6.42 Å². The summed E-state index contributed by atoms with van der Waals surface area (Å²) in [6.45, 7) is 0. The number of nitrogens with one attached hydrogen (secondary N) is 2. The van der Waals surface area contributed by atoms with Crippen LogP contribution in [-0.2, 0) is 16.0 Å². The molecule has 2 N–H and O–H groups in total. The van der Waals surface area contributed by atoms with Crippen molar-refractivity contribution in [1.29, 1.82) is 0 Å². The van der Waals surface area contributed by atoms with Gasteiger partial charge in [-0.15, -0.1) is 0 Å². The highest BCUT2D eigenvalue weighted by atomic mass is 79.9. The fourth-order valence-corrected chi connectivity index (χ4v) is 3.04. The average molecular weight is 415 g/mol. The van der Waals surface area contributed by atoms with E-state index in [9.17, 15) is 14.4 Å². The molecule has 2 aromatic rings. The lowest BCUT2D eigenvalue weighted by Crippen LogP contribution is -2.51. The molecule has 0 aromatic heterocycles. The monoisotopic (exact) mass is 414 g/mol. The summed E-state index contributed by atoms with van der Waals surface area (Å²) in [5.41, 5.74) is 2.56. The summed E-state index contributed by atoms with van der Waals surface area (Å²) < 4.78 is 6.47. The maximum Gasteiger partial charge on any atom is 0.328 e. The van der Waals surface area contributed by atoms with Gasteiger partial charge in [0.15, 0.2) is 0 Å². The fraction of sp³-hybridized carbons (Fsp3) is 0.105. The second-order valence-corrected chi connectivity index (χ2v) is 6.49. The standard InChI is InChI=1S/C19H15BrN2O4/c1-26-16-9-11(8-14-17(23)21-19(25)22-18(14)24)6-7-13(16)10-12-4-2-3-5-15(12)20/h2-9H,10H2,1H3,(H2,21,22,23,24,25). The van der Waals surface area contributed by atoms with E-state index < -0.39 is 17.8 Å². The van der Waals surface area contributed by atoms with Crippen LogP contribution in [-0.4, -0.2) is 25.0 Å². The molecule has 0 saturated carbocycles. The summed E-state index contributed by atoms with van der Waals surface area (Å²) in [7, 11) is 1.56. The van der Waals surface area contributed by atoms with E-state index in [1.807, 2.05) is 41.0 Å². The highest BCUT2D eigenvalue weighted by molar-refractivity contribution is 9.10. The first-order valence-corrected chi connectivity index (χ1v) is 8.56. The first kappa shape index (κ1) is 17.9. The predicted octanol–water partition coefficient (Wildman–Crippen LogP) is 2.80. The first-order chi connectivity index (χ1) is 12.5. The molecule has 2 aromatic carbocycles. The second kappa shape index (κ2) is 7.53. The Balaban J connectivity index is 1.91. The van der Waals surface area contributed by atoms with E-state index in [4.69, 9.17) is 4.74 Å². The number of benzene rings is 2. The second-order valence-electron chi connectivity index (χ2n) is 5.63. The van der Waals surface area contributed by atoms with Crippen LogP contribution in [0.1, 0.15) is 16.7 Å². The van der Waals surface area contributed by atoms with Crippen molar-refractivity contribution in [3.05, 3.63) is 69.2 Å². The summed E-state index contributed by atoms with van der Waals surface area (Å²) in [6.07, 6.45) is 2.08. The molecular weight excluding hydrogens is 400 g/mol. The van der Waals surface area contributed by atoms with Gasteiger partial charge in [0, 0.05) is 10.9 Å². The number of imide groups is 2. The van der Waals surface area contributed by atoms with Crippen LogP contribution < -0.4 is 15.4 Å². The molecule has 1 saturated heterocycles. The first-order valence-electron chi connectivity index (χ1n) is 7.76. The van der Waals surface area contributed by atoms with Gasteiger partial charge in [-0.1, -0.05) is 46.3 Å². The zero-order valence-corrected chi connectivity index (χ0v) is 15.4. The zero-order chi connectivity index (χ0) is 18.7. The third-order valence-electron chi connectivity index (χ3n) is 3.90. The van der Waals surface area contributed by atoms with Gasteiger partial charge in [0.2, 0.25) is 0 Å². The van der Waals surface area contributed by atoms with Crippen LogP contribution >= 0.6 is 15.9 Å². The van der Waals surface area contributed by atoms with E-state index >= 15 is 0 Å². The van der Waals surface area contributed by atoms with Gasteiger partial charge in [-0.25, -0.2) is 4.79 Å². The quantitative estimate of drug-likeness (QED) is 0.594. The molecule has 0 aliphatic carbocycles. The minimum absolute atomic E-state index is 0.134. The summed E-state index contributed by atoms with van der Waals surface area (Å²) in [5.74, 6) is -0.812. The number of hydrogen-bond donors (Lipinski definition) is 2. The molecule has 26 heavy (non-hydrogen) atoms. The number of amides is 4. The maximum atomic E-state index is 11.8. The average Bonchev–Trinajstić information content (AvgIpc) is 2.61. The Labute approximate surface area is 158 Å². The molecule has 1 aliphatic heterocycles. The SMILES string of the molecule is COc1cc(C=C2C(=O)NC(=O)NC2=O)ccc1Cc1ccccc1Br. The number of urea groups is 1. The summed E-state index contributed by atoms with van der Waals surface area (Å²) in [4.78, 5) is 34.8. The van der Waals surface area contributed by atoms with Gasteiger partial charge >= 0.3 is 6.03 Å². The number of carbonyl (C=O) groups excluding carboxylic acids is 3. The van der Waals surface area contributed by atoms with Crippen molar-refractivity contribution in [1.82, 2.24) is 10.6 Å². The Morgan fingerprint density at radius 2 is 1.69 bits per heavy atom. The normalized spacial score (nSPS) is 13.9. The van der Waals surface area contributed by atoms with E-state index in [-0.39, 0.29) is 5.57 Å². The molecule has 0 bridgehead atoms. The van der Waals surface area contributed by atoms with Crippen LogP contribution in [0.15, 0.2) is 52.5 Å². The van der Waals surface area contributed by atoms with Crippen molar-refractivity contribution in [2.75, 3.05) is 7.11 Å². The van der Waals surface area contributed by atoms with E-state index in [0.29, 0.717) is 17.7 Å². The largest absolute Gasteiger partial charge is 0.496 e. The Kier molecular flexibility index (Phi) is 5.18. The summed E-state index contributed by atoms with van der Waals surface area (Å²) >= 11 is 3.53. The van der Waals surface area contributed by atoms with Crippen LogP contribution in [0.4, 0.5) is 4.79 Å². The van der Waals surface area contributed by atoms with Crippen LogP contribution in [0.5, 0.6) is 5.75 Å². The smallest absolute Gasteiger partial charge is 0.328 e. The van der Waals surface area contributed by atoms with Crippen molar-refractivity contribution >= 4 is 39.9 Å². The molecule has 3 rings (SSSR count). The number of barbiturate groups is 1. The van der Waals surface area contributed by atoms with Crippen LogP contribution in [0.3, 0.4) is 0 Å². The molecule has 0 atom stereocenters. The Hall–Kier alpha value is -2.93. The molecule has 4 amide bonds. The molecule has 0 radical (unpaired) electrons. The molecular formula is C19H15BrN2O4. The molecule has 132 valence electrons. The topological polar surface area (TPSA) is 84.5 Å². The Morgan fingerprint density at radius 1 is 1.00 bits per heavy atom. The van der Waals surface area contributed by atoms with E-state index in [1.54, 1.807) is 19.2 Å². The van der Waals surface area contributed by atoms with Crippen LogP contribution in [0, 0.1) is 0 Å². The van der Waals surface area contributed by atoms with Gasteiger partial charge in [-0.2, -0.15) is 0 Å². The maximum absolute atomic E-state index is 11.8. The fourth-order valence-electron chi connectivity index (χ4n) is 2.62. The molecule has 7 heteroatoms. The number of halogens is 1. The third kappa shape index (κ3) is 3.83. The number of methoxy groups -OCH3 is 1. The van der Waals surface area contributed by atoms with Crippen LogP contribution in [0.2, 0.25) is 0 Å². The van der Waals surface area contributed by atoms with Gasteiger partial charge in [0.1, 0.15) is 11.3 Å². The predicted molar refractivity (Wildman–Crippen MR) is 99.6 cm³/mol. The molecule has 1 heterocycles. The van der Waals surface area contributed by atoms with Gasteiger partial charge in [-0.05, 0) is 34.9 Å². The third-order valence-corrected chi connectivity index (χ3v) is 4.68. The molecule has 0 unspecified atom stereocenters. The van der Waals surface area contributed by atoms with Crippen molar-refractivity contribution in [3.8, 4) is 5.75 Å². The van der Waals surface area contributed by atoms with E-state index in [1.165, 1.54) is 6.08 Å². The molecule has 1 aliphatic rings. The van der Waals surface area contributed by atoms with Gasteiger partial charge in [0.25, 0.3) is 11.8 Å². The molecule has 1 fully saturated rings. The van der Waals surface area contributed by atoms with E-state index in [2.05, 4.69) is 15.9 Å². The van der Waals surface area contributed by atoms with Crippen molar-refractivity contribution < 1.29 is 19.1 Å². The van der Waals surface area contributed by atoms with Crippen molar-refractivity contribution in [3.63, 3.8) is 0 Å². The number of carbonyl (C=O) groups is 3. The summed E-state index contributed by atoms with van der Waals surface area (Å²) in [5, 5.41) is 4.09. The highest BCUT2D eigenvalue weighted by Gasteiger charge is 2.27. The number of hydrogen-bond acceptors (Lipinski definition) is 4. The Bertz CT molecular complexity index is 915. The Morgan fingerprint density at radius 3 is 2.35 bits per heavy atom. The molecule has 0 spiro atoms. The van der Waals surface area contributed by atoms with Gasteiger partial charge in [-0.3, -0.25) is 20.2 Å². The van der Waals surface area contributed by atoms with Gasteiger partial charge < -0.3 is 4.74 Å². The van der Waals surface area contributed by atoms with Gasteiger partial charge in [0.05, 0.1) is 7.11 Å². The number of ether oxygens (including phenoxy) is 1. The van der Waals surface area contributed by atoms with Crippen LogP contribution in [0.25, 0.3) is 6.08 Å². The lowest BCUT2D eigenvalue weighted by atomic mass is 10.0. The van der Waals surface area contributed by atoms with Crippen molar-refractivity contribution in [2.24, 2.45) is 0 Å². The number of rotatable bonds is 4. The minimum atomic E-state index is -0.821. The lowest BCUT2D eigenvalue weighted by molar-refractivity contribution is -0.123. The highest BCUT2D eigenvalue weighted by Crippen LogP contribution is 2.27. The minimum Gasteiger partial charge on any atom is -0.496 e. The zero-order valence-electron chi connectivity index (χ0n) is 13.8. The lowest BCUT2D eigenvalue weighted by Gasteiger charge is -2.14. The summed E-state index contributed by atoms with van der Waals surface area (Å²) in [6, 6.07) is 12.5. The van der Waals surface area contributed by atoms with E-state index in [0.717, 1.165) is 15.6 Å². The molecule has 6 nitrogen and oxygen atoms in total.